The molecule has 0 heterocycles. The molecular formula is C26H34O3. The lowest BCUT2D eigenvalue weighted by Crippen LogP contribution is -2.13. The molecule has 0 bridgehead atoms. The first-order valence-corrected chi connectivity index (χ1v) is 11.2. The highest BCUT2D eigenvalue weighted by Gasteiger charge is 2.21. The van der Waals surface area contributed by atoms with E-state index in [9.17, 15) is 4.79 Å². The maximum Gasteiger partial charge on any atom is 0.311 e. The molecule has 0 atom stereocenters. The summed E-state index contributed by atoms with van der Waals surface area (Å²) in [5.74, 6) is 2.80. The second-order valence-electron chi connectivity index (χ2n) is 8.13. The first kappa shape index (κ1) is 21.4. The molecule has 0 saturated heterocycles. The van der Waals surface area contributed by atoms with E-state index >= 15 is 0 Å². The van der Waals surface area contributed by atoms with E-state index in [0.717, 1.165) is 11.7 Å². The molecule has 0 aliphatic heterocycles. The molecule has 3 nitrogen and oxygen atoms in total. The van der Waals surface area contributed by atoms with Crippen LogP contribution in [0.3, 0.4) is 0 Å². The molecule has 0 radical (unpaired) electrons. The van der Waals surface area contributed by atoms with Gasteiger partial charge in [0.15, 0.2) is 0 Å². The molecule has 29 heavy (non-hydrogen) atoms. The Kier molecular flexibility index (Phi) is 8.15. The van der Waals surface area contributed by atoms with E-state index in [1.807, 2.05) is 19.1 Å². The summed E-state index contributed by atoms with van der Waals surface area (Å²) in [5.41, 5.74) is 2.65. The van der Waals surface area contributed by atoms with Crippen molar-refractivity contribution < 1.29 is 14.3 Å². The van der Waals surface area contributed by atoms with Gasteiger partial charge in [0.05, 0.1) is 6.61 Å². The van der Waals surface area contributed by atoms with Gasteiger partial charge in [0.25, 0.3) is 0 Å². The maximum atomic E-state index is 12.1. The van der Waals surface area contributed by atoms with Crippen LogP contribution < -0.4 is 9.47 Å². The maximum absolute atomic E-state index is 12.1. The van der Waals surface area contributed by atoms with E-state index in [1.54, 1.807) is 12.1 Å². The molecule has 1 saturated carbocycles. The van der Waals surface area contributed by atoms with Gasteiger partial charge in [0.2, 0.25) is 0 Å². The Bertz CT molecular complexity index is 741. The molecule has 1 aliphatic rings. The van der Waals surface area contributed by atoms with E-state index in [0.29, 0.717) is 31.1 Å². The molecule has 0 N–H and O–H groups in total. The van der Waals surface area contributed by atoms with Gasteiger partial charge in [-0.15, -0.1) is 0 Å². The SMILES string of the molecule is CCCC1CCC(c2ccc(CCC(=O)Oc3ccc(OCC)cc3)cc2)CC1. The molecule has 1 fully saturated rings. The van der Waals surface area contributed by atoms with E-state index in [-0.39, 0.29) is 5.97 Å². The summed E-state index contributed by atoms with van der Waals surface area (Å²) in [4.78, 5) is 12.1. The van der Waals surface area contributed by atoms with Gasteiger partial charge in [-0.1, -0.05) is 44.0 Å². The fourth-order valence-corrected chi connectivity index (χ4v) is 4.35. The van der Waals surface area contributed by atoms with Crippen LogP contribution in [-0.2, 0) is 11.2 Å². The lowest BCUT2D eigenvalue weighted by Gasteiger charge is -2.28. The van der Waals surface area contributed by atoms with Crippen LogP contribution in [0.15, 0.2) is 48.5 Å². The third-order valence-corrected chi connectivity index (χ3v) is 5.98. The van der Waals surface area contributed by atoms with Crippen molar-refractivity contribution in [2.24, 2.45) is 5.92 Å². The molecule has 3 rings (SSSR count). The minimum atomic E-state index is -0.201. The first-order valence-electron chi connectivity index (χ1n) is 11.2. The summed E-state index contributed by atoms with van der Waals surface area (Å²) in [7, 11) is 0. The van der Waals surface area contributed by atoms with Crippen molar-refractivity contribution in [2.45, 2.75) is 71.1 Å². The van der Waals surface area contributed by atoms with Crippen LogP contribution in [0.25, 0.3) is 0 Å². The highest BCUT2D eigenvalue weighted by molar-refractivity contribution is 5.72. The lowest BCUT2D eigenvalue weighted by atomic mass is 9.77. The number of carbonyl (C=O) groups excluding carboxylic acids is 1. The molecule has 156 valence electrons. The second-order valence-corrected chi connectivity index (χ2v) is 8.13. The summed E-state index contributed by atoms with van der Waals surface area (Å²) >= 11 is 0. The molecule has 3 heteroatoms. The summed E-state index contributed by atoms with van der Waals surface area (Å²) in [5, 5.41) is 0. The number of benzene rings is 2. The van der Waals surface area contributed by atoms with E-state index in [2.05, 4.69) is 31.2 Å². The van der Waals surface area contributed by atoms with Crippen LogP contribution in [0, 0.1) is 5.92 Å². The zero-order valence-corrected chi connectivity index (χ0v) is 17.9. The monoisotopic (exact) mass is 394 g/mol. The average molecular weight is 395 g/mol. The molecule has 0 spiro atoms. The number of ether oxygens (including phenoxy) is 2. The summed E-state index contributed by atoms with van der Waals surface area (Å²) < 4.78 is 10.8. The molecule has 2 aromatic carbocycles. The Hall–Kier alpha value is -2.29. The number of hydrogen-bond donors (Lipinski definition) is 0. The van der Waals surface area contributed by atoms with Gasteiger partial charge in [-0.05, 0) is 86.3 Å². The molecular weight excluding hydrogens is 360 g/mol. The van der Waals surface area contributed by atoms with Crippen molar-refractivity contribution in [1.82, 2.24) is 0 Å². The van der Waals surface area contributed by atoms with Crippen LogP contribution in [0.5, 0.6) is 11.5 Å². The lowest BCUT2D eigenvalue weighted by molar-refractivity contribution is -0.134. The van der Waals surface area contributed by atoms with Gasteiger partial charge in [-0.3, -0.25) is 4.79 Å². The number of hydrogen-bond acceptors (Lipinski definition) is 3. The smallest absolute Gasteiger partial charge is 0.311 e. The van der Waals surface area contributed by atoms with Gasteiger partial charge < -0.3 is 9.47 Å². The van der Waals surface area contributed by atoms with Crippen LogP contribution in [-0.4, -0.2) is 12.6 Å². The van der Waals surface area contributed by atoms with Crippen molar-refractivity contribution in [3.63, 3.8) is 0 Å². The largest absolute Gasteiger partial charge is 0.494 e. The van der Waals surface area contributed by atoms with Gasteiger partial charge >= 0.3 is 5.97 Å². The third kappa shape index (κ3) is 6.62. The van der Waals surface area contributed by atoms with Crippen LogP contribution in [0.1, 0.15) is 75.8 Å². The highest BCUT2D eigenvalue weighted by Crippen LogP contribution is 2.37. The average Bonchev–Trinajstić information content (AvgIpc) is 2.75. The quantitative estimate of drug-likeness (QED) is 0.351. The summed E-state index contributed by atoms with van der Waals surface area (Å²) in [6.45, 7) is 4.86. The van der Waals surface area contributed by atoms with Gasteiger partial charge in [-0.2, -0.15) is 0 Å². The fourth-order valence-electron chi connectivity index (χ4n) is 4.35. The Morgan fingerprint density at radius 1 is 0.897 bits per heavy atom. The van der Waals surface area contributed by atoms with Crippen molar-refractivity contribution in [2.75, 3.05) is 6.61 Å². The number of esters is 1. The minimum absolute atomic E-state index is 0.201. The topological polar surface area (TPSA) is 35.5 Å². The third-order valence-electron chi connectivity index (χ3n) is 5.98. The zero-order valence-electron chi connectivity index (χ0n) is 17.9. The zero-order chi connectivity index (χ0) is 20.5. The Morgan fingerprint density at radius 3 is 2.17 bits per heavy atom. The fraction of sp³-hybridized carbons (Fsp3) is 0.500. The summed E-state index contributed by atoms with van der Waals surface area (Å²) in [6.07, 6.45) is 9.17. The number of rotatable bonds is 9. The first-order chi connectivity index (χ1) is 14.2. The highest BCUT2D eigenvalue weighted by atomic mass is 16.5. The van der Waals surface area contributed by atoms with Gasteiger partial charge in [0.1, 0.15) is 11.5 Å². The normalized spacial score (nSPS) is 19.0. The van der Waals surface area contributed by atoms with E-state index < -0.39 is 0 Å². The molecule has 0 unspecified atom stereocenters. The number of carbonyl (C=O) groups is 1. The van der Waals surface area contributed by atoms with Crippen LogP contribution in [0.4, 0.5) is 0 Å². The molecule has 1 aliphatic carbocycles. The Balaban J connectivity index is 1.43. The number of aryl methyl sites for hydroxylation is 1. The standard InChI is InChI=1S/C26H34O3/c1-3-5-20-6-11-22(12-7-20)23-13-8-21(9-14-23)10-19-26(27)29-25-17-15-24(16-18-25)28-4-2/h8-9,13-18,20,22H,3-7,10-12,19H2,1-2H3. The van der Waals surface area contributed by atoms with Crippen LogP contribution in [0.2, 0.25) is 0 Å². The van der Waals surface area contributed by atoms with Gasteiger partial charge in [-0.25, -0.2) is 0 Å². The van der Waals surface area contributed by atoms with Crippen molar-refractivity contribution in [1.29, 1.82) is 0 Å². The Labute approximate surface area is 175 Å². The second kappa shape index (κ2) is 11.0. The van der Waals surface area contributed by atoms with Crippen molar-refractivity contribution in [3.05, 3.63) is 59.7 Å². The molecule has 2 aromatic rings. The van der Waals surface area contributed by atoms with Crippen LogP contribution >= 0.6 is 0 Å². The van der Waals surface area contributed by atoms with Crippen molar-refractivity contribution in [3.8, 4) is 11.5 Å². The predicted molar refractivity (Wildman–Crippen MR) is 118 cm³/mol. The van der Waals surface area contributed by atoms with Crippen molar-refractivity contribution >= 4 is 5.97 Å². The minimum Gasteiger partial charge on any atom is -0.494 e. The van der Waals surface area contributed by atoms with E-state index in [1.165, 1.54) is 49.7 Å². The van der Waals surface area contributed by atoms with Gasteiger partial charge in [0, 0.05) is 6.42 Å². The van der Waals surface area contributed by atoms with E-state index in [4.69, 9.17) is 9.47 Å². The molecule has 0 amide bonds. The Morgan fingerprint density at radius 2 is 1.55 bits per heavy atom. The summed E-state index contributed by atoms with van der Waals surface area (Å²) in [6, 6.07) is 16.1. The molecule has 0 aromatic heterocycles. The predicted octanol–water partition coefficient (Wildman–Crippen LogP) is 6.70.